The summed E-state index contributed by atoms with van der Waals surface area (Å²) in [6, 6.07) is 75.3. The van der Waals surface area contributed by atoms with Crippen LogP contribution in [0.15, 0.2) is 216 Å². The van der Waals surface area contributed by atoms with Gasteiger partial charge in [-0.15, -0.1) is 0 Å². The van der Waals surface area contributed by atoms with Crippen LogP contribution in [0.2, 0.25) is 0 Å². The van der Waals surface area contributed by atoms with E-state index in [1.807, 2.05) is 36.4 Å². The van der Waals surface area contributed by atoms with Gasteiger partial charge in [-0.05, 0) is 153 Å². The van der Waals surface area contributed by atoms with Crippen LogP contribution >= 0.6 is 0 Å². The van der Waals surface area contributed by atoms with E-state index in [4.69, 9.17) is 0 Å². The minimum Gasteiger partial charge on any atom is -0.289 e. The van der Waals surface area contributed by atoms with Crippen molar-refractivity contribution < 1.29 is 9.59 Å². The van der Waals surface area contributed by atoms with Crippen LogP contribution in [0.4, 0.5) is 0 Å². The van der Waals surface area contributed by atoms with Gasteiger partial charge >= 0.3 is 0 Å². The molecule has 13 rings (SSSR count). The number of Topliss-reactive ketones (excluding diaryl/α,β-unsaturated/α-hetero) is 2. The molecule has 0 heterocycles. The third-order valence-electron chi connectivity index (χ3n) is 16.9. The zero-order valence-electron chi connectivity index (χ0n) is 44.2. The highest BCUT2D eigenvalue weighted by Gasteiger charge is 2.52. The summed E-state index contributed by atoms with van der Waals surface area (Å²) in [5, 5.41) is 41.0. The fourth-order valence-corrected chi connectivity index (χ4v) is 13.2. The largest absolute Gasteiger partial charge is 0.289 e. The van der Waals surface area contributed by atoms with Crippen molar-refractivity contribution in [1.82, 2.24) is 0 Å². The molecule has 4 aliphatic rings. The SMILES string of the molecule is Cc1ccc(C2(c3ccc(C)cc3)c3cc(C=C4C(=O)c5ccccc5C4=C(C#N)C#N)ccc3-c3cc4c(cc32)-c2ccc(C=C3C(=O)c5ccccc5C3=C(C#N)C#N)cc2C4(c2ccc(C)cc2)c2ccc(C)cc2)cc1. The molecule has 0 N–H and O–H groups in total. The van der Waals surface area contributed by atoms with Crippen LogP contribution in [0, 0.1) is 73.0 Å². The molecule has 0 saturated carbocycles. The standard InChI is InChI=1S/C74H46N4O2/c1-43-13-23-51(24-14-43)73(52-25-15-44(2)16-26-52)65-35-47(33-63-69(49(39-75)40-76)57-9-5-7-11-59(57)71(63)79)21-31-55(65)61-38-68-62(37-67(61)73)56-32-22-48(34-64-70(50(41-77)42-78)58-10-6-8-12-60(58)72(64)80)36-66(56)74(68,53-27-17-45(3)18-28-53)54-29-19-46(4)20-30-54/h5-38H,1-4H3. The first-order valence-corrected chi connectivity index (χ1v) is 26.5. The molecule has 9 aromatic rings. The van der Waals surface area contributed by atoms with Gasteiger partial charge in [-0.25, -0.2) is 0 Å². The van der Waals surface area contributed by atoms with E-state index in [2.05, 4.69) is 185 Å². The highest BCUT2D eigenvalue weighted by molar-refractivity contribution is 6.31. The van der Waals surface area contributed by atoms with E-state index in [1.54, 1.807) is 36.4 Å². The lowest BCUT2D eigenvalue weighted by molar-refractivity contribution is 0.103. The maximum absolute atomic E-state index is 14.4. The summed E-state index contributed by atoms with van der Waals surface area (Å²) in [4.78, 5) is 28.8. The molecule has 0 bridgehead atoms. The van der Waals surface area contributed by atoms with E-state index in [0.29, 0.717) is 44.5 Å². The molecular weight excluding hydrogens is 977 g/mol. The number of benzene rings is 9. The monoisotopic (exact) mass is 1020 g/mol. The Morgan fingerprint density at radius 2 is 0.625 bits per heavy atom. The zero-order chi connectivity index (χ0) is 55.2. The zero-order valence-corrected chi connectivity index (χ0v) is 44.2. The minimum atomic E-state index is -0.898. The molecule has 0 amide bonds. The second-order valence-corrected chi connectivity index (χ2v) is 21.3. The predicted molar refractivity (Wildman–Crippen MR) is 314 cm³/mol. The molecule has 0 fully saturated rings. The van der Waals surface area contributed by atoms with Gasteiger partial charge in [0.05, 0.1) is 10.8 Å². The van der Waals surface area contributed by atoms with Crippen molar-refractivity contribution in [3.63, 3.8) is 0 Å². The van der Waals surface area contributed by atoms with E-state index >= 15 is 0 Å². The van der Waals surface area contributed by atoms with Gasteiger partial charge in [-0.1, -0.05) is 192 Å². The molecule has 80 heavy (non-hydrogen) atoms. The maximum Gasteiger partial charge on any atom is 0.194 e. The molecule has 0 spiro atoms. The average Bonchev–Trinajstić information content (AvgIpc) is 4.31. The normalized spacial score (nSPS) is 15.4. The number of hydrogen-bond acceptors (Lipinski definition) is 6. The van der Waals surface area contributed by atoms with Crippen molar-refractivity contribution in [3.8, 4) is 46.5 Å². The van der Waals surface area contributed by atoms with Crippen molar-refractivity contribution >= 4 is 34.9 Å². The van der Waals surface area contributed by atoms with Crippen LogP contribution in [-0.4, -0.2) is 11.6 Å². The maximum atomic E-state index is 14.4. The van der Waals surface area contributed by atoms with Crippen molar-refractivity contribution in [1.29, 1.82) is 21.0 Å². The molecular formula is C74H46N4O2. The summed E-state index contributed by atoms with van der Waals surface area (Å²) >= 11 is 0. The van der Waals surface area contributed by atoms with Crippen LogP contribution in [-0.2, 0) is 10.8 Å². The highest BCUT2D eigenvalue weighted by atomic mass is 16.1. The molecule has 9 aromatic carbocycles. The summed E-state index contributed by atoms with van der Waals surface area (Å²) in [5.74, 6) is -0.482. The van der Waals surface area contributed by atoms with Crippen molar-refractivity contribution in [3.05, 3.63) is 317 Å². The number of rotatable bonds is 6. The van der Waals surface area contributed by atoms with Gasteiger partial charge in [0.2, 0.25) is 0 Å². The van der Waals surface area contributed by atoms with Gasteiger partial charge < -0.3 is 0 Å². The Balaban J connectivity index is 1.12. The molecule has 0 atom stereocenters. The van der Waals surface area contributed by atoms with Crippen LogP contribution < -0.4 is 0 Å². The second-order valence-electron chi connectivity index (χ2n) is 21.3. The molecule has 0 aliphatic heterocycles. The molecule has 374 valence electrons. The topological polar surface area (TPSA) is 129 Å². The fraction of sp³-hybridized carbons (Fsp3) is 0.0811. The summed E-state index contributed by atoms with van der Waals surface area (Å²) in [7, 11) is 0. The number of nitriles is 4. The van der Waals surface area contributed by atoms with E-state index < -0.39 is 10.8 Å². The number of hydrogen-bond donors (Lipinski definition) is 0. The third kappa shape index (κ3) is 7.00. The molecule has 4 aliphatic carbocycles. The average molecular weight is 1020 g/mol. The fourth-order valence-electron chi connectivity index (χ4n) is 13.2. The number of nitrogens with zero attached hydrogens (tertiary/aromatic N) is 4. The van der Waals surface area contributed by atoms with Crippen molar-refractivity contribution in [2.24, 2.45) is 0 Å². The highest BCUT2D eigenvalue weighted by Crippen LogP contribution is 2.63. The van der Waals surface area contributed by atoms with Crippen LogP contribution in [0.1, 0.15) is 110 Å². The summed E-state index contributed by atoms with van der Waals surface area (Å²) in [5.41, 5.74) is 19.8. The van der Waals surface area contributed by atoms with Gasteiger partial charge in [-0.3, -0.25) is 9.59 Å². The van der Waals surface area contributed by atoms with Gasteiger partial charge in [0.1, 0.15) is 35.4 Å². The van der Waals surface area contributed by atoms with E-state index in [9.17, 15) is 30.6 Å². The molecule has 0 saturated heterocycles. The lowest BCUT2D eigenvalue weighted by atomic mass is 9.65. The van der Waals surface area contributed by atoms with Crippen LogP contribution in [0.5, 0.6) is 0 Å². The summed E-state index contributed by atoms with van der Waals surface area (Å²) < 4.78 is 0. The van der Waals surface area contributed by atoms with Gasteiger partial charge in [-0.2, -0.15) is 21.0 Å². The molecule has 0 radical (unpaired) electrons. The first kappa shape index (κ1) is 48.9. The van der Waals surface area contributed by atoms with Gasteiger partial charge in [0.15, 0.2) is 11.6 Å². The van der Waals surface area contributed by atoms with Crippen molar-refractivity contribution in [2.45, 2.75) is 38.5 Å². The Hall–Kier alpha value is -10.8. The number of fused-ring (bicyclic) bond motifs is 8. The lowest BCUT2D eigenvalue weighted by Gasteiger charge is -2.36. The van der Waals surface area contributed by atoms with E-state index in [-0.39, 0.29) is 22.7 Å². The van der Waals surface area contributed by atoms with E-state index in [0.717, 1.165) is 100 Å². The number of carbonyl (C=O) groups excluding carboxylic acids is 2. The number of ketones is 2. The summed E-state index contributed by atoms with van der Waals surface area (Å²) in [6.07, 6.45) is 3.68. The Morgan fingerprint density at radius 1 is 0.338 bits per heavy atom. The molecule has 0 aromatic heterocycles. The van der Waals surface area contributed by atoms with Crippen LogP contribution in [0.25, 0.3) is 45.6 Å². The first-order chi connectivity index (χ1) is 38.9. The second kappa shape index (κ2) is 18.5. The van der Waals surface area contributed by atoms with Gasteiger partial charge in [0, 0.05) is 33.4 Å². The first-order valence-electron chi connectivity index (χ1n) is 26.5. The predicted octanol–water partition coefficient (Wildman–Crippen LogP) is 15.8. The molecule has 0 unspecified atom stereocenters. The Kier molecular flexibility index (Phi) is 11.3. The molecule has 6 nitrogen and oxygen atoms in total. The third-order valence-corrected chi connectivity index (χ3v) is 16.9. The Bertz CT molecular complexity index is 4140. The number of allylic oxidation sites excluding steroid dienone is 6. The molecule has 6 heteroatoms. The summed E-state index contributed by atoms with van der Waals surface area (Å²) in [6.45, 7) is 8.37. The Morgan fingerprint density at radius 3 is 0.925 bits per heavy atom. The lowest BCUT2D eigenvalue weighted by Crippen LogP contribution is -2.30. The van der Waals surface area contributed by atoms with Crippen LogP contribution in [0.3, 0.4) is 0 Å². The quantitative estimate of drug-likeness (QED) is 0.120. The number of carbonyl (C=O) groups is 2. The van der Waals surface area contributed by atoms with Gasteiger partial charge in [0.25, 0.3) is 0 Å². The minimum absolute atomic E-state index is 0.118. The van der Waals surface area contributed by atoms with E-state index in [1.165, 1.54) is 0 Å². The van der Waals surface area contributed by atoms with Crippen molar-refractivity contribution in [2.75, 3.05) is 0 Å². The Labute approximate surface area is 464 Å². The smallest absolute Gasteiger partial charge is 0.194 e. The number of aryl methyl sites for hydroxylation is 4.